The van der Waals surface area contributed by atoms with Gasteiger partial charge in [-0.05, 0) is 49.6 Å². The maximum absolute atomic E-state index is 12.3. The minimum atomic E-state index is -0.207. The molecule has 1 saturated heterocycles. The fourth-order valence-corrected chi connectivity index (χ4v) is 2.98. The Morgan fingerprint density at radius 1 is 1.31 bits per heavy atom. The van der Waals surface area contributed by atoms with Crippen LogP contribution in [0.4, 0.5) is 0 Å². The number of benzene rings is 1. The largest absolute Gasteiger partial charge is 0.379 e. The number of pyridine rings is 1. The standard InChI is InChI=1S/C20H24N2O4/c1-13-9-14(2)22-20(24)18(13)10-21-19(23)16-5-3-15(4-6-16)11-26-17-7-8-25-12-17/h3-6,9,17H,7-8,10-12H2,1-2H3,(H,21,23)(H,22,24). The number of hydrogen-bond donors (Lipinski definition) is 2. The van der Waals surface area contributed by atoms with Crippen molar-refractivity contribution in [2.24, 2.45) is 0 Å². The van der Waals surface area contributed by atoms with Gasteiger partial charge in [0.25, 0.3) is 11.5 Å². The number of H-pyrrole nitrogens is 1. The number of aromatic amines is 1. The zero-order valence-electron chi connectivity index (χ0n) is 15.1. The lowest BCUT2D eigenvalue weighted by molar-refractivity contribution is 0.0317. The average molecular weight is 356 g/mol. The molecular formula is C20H24N2O4. The van der Waals surface area contributed by atoms with E-state index in [9.17, 15) is 9.59 Å². The summed E-state index contributed by atoms with van der Waals surface area (Å²) in [5.41, 5.74) is 3.66. The van der Waals surface area contributed by atoms with Crippen LogP contribution >= 0.6 is 0 Å². The van der Waals surface area contributed by atoms with Gasteiger partial charge in [-0.25, -0.2) is 0 Å². The van der Waals surface area contributed by atoms with Crippen molar-refractivity contribution in [2.45, 2.75) is 39.5 Å². The van der Waals surface area contributed by atoms with Crippen LogP contribution in [0.15, 0.2) is 35.1 Å². The summed E-state index contributed by atoms with van der Waals surface area (Å²) in [7, 11) is 0. The lowest BCUT2D eigenvalue weighted by atomic mass is 10.1. The third kappa shape index (κ3) is 4.59. The Bertz CT molecular complexity index is 821. The summed E-state index contributed by atoms with van der Waals surface area (Å²) in [5.74, 6) is -0.207. The van der Waals surface area contributed by atoms with Crippen LogP contribution in [-0.2, 0) is 22.6 Å². The summed E-state index contributed by atoms with van der Waals surface area (Å²) in [6.45, 7) is 5.82. The summed E-state index contributed by atoms with van der Waals surface area (Å²) in [6, 6.07) is 9.20. The van der Waals surface area contributed by atoms with Crippen LogP contribution < -0.4 is 10.9 Å². The summed E-state index contributed by atoms with van der Waals surface area (Å²) in [6.07, 6.45) is 1.09. The van der Waals surface area contributed by atoms with Gasteiger partial charge in [0, 0.05) is 30.0 Å². The highest BCUT2D eigenvalue weighted by atomic mass is 16.5. The van der Waals surface area contributed by atoms with Crippen LogP contribution in [0.3, 0.4) is 0 Å². The molecular weight excluding hydrogens is 332 g/mol. The molecule has 2 heterocycles. The highest BCUT2D eigenvalue weighted by molar-refractivity contribution is 5.94. The van der Waals surface area contributed by atoms with Crippen molar-refractivity contribution in [3.8, 4) is 0 Å². The Balaban J connectivity index is 1.55. The smallest absolute Gasteiger partial charge is 0.253 e. The summed E-state index contributed by atoms with van der Waals surface area (Å²) >= 11 is 0. The van der Waals surface area contributed by atoms with E-state index in [1.54, 1.807) is 12.1 Å². The van der Waals surface area contributed by atoms with Gasteiger partial charge in [-0.2, -0.15) is 0 Å². The van der Waals surface area contributed by atoms with Crippen molar-refractivity contribution < 1.29 is 14.3 Å². The molecule has 0 aliphatic carbocycles. The van der Waals surface area contributed by atoms with Gasteiger partial charge in [0.15, 0.2) is 0 Å². The molecule has 6 nitrogen and oxygen atoms in total. The van der Waals surface area contributed by atoms with Crippen LogP contribution in [0.2, 0.25) is 0 Å². The lowest BCUT2D eigenvalue weighted by Crippen LogP contribution is -2.27. The Kier molecular flexibility index (Phi) is 5.85. The van der Waals surface area contributed by atoms with Crippen molar-refractivity contribution in [2.75, 3.05) is 13.2 Å². The molecule has 0 spiro atoms. The number of rotatable bonds is 6. The van der Waals surface area contributed by atoms with E-state index in [1.165, 1.54) is 0 Å². The number of ether oxygens (including phenoxy) is 2. The molecule has 1 aliphatic rings. The van der Waals surface area contributed by atoms with E-state index in [1.807, 2.05) is 32.0 Å². The van der Waals surface area contributed by atoms with E-state index in [0.717, 1.165) is 29.8 Å². The highest BCUT2D eigenvalue weighted by Crippen LogP contribution is 2.12. The summed E-state index contributed by atoms with van der Waals surface area (Å²) in [4.78, 5) is 27.1. The minimum absolute atomic E-state index is 0.161. The van der Waals surface area contributed by atoms with Crippen LogP contribution in [-0.4, -0.2) is 30.2 Å². The molecule has 138 valence electrons. The molecule has 1 aliphatic heterocycles. The van der Waals surface area contributed by atoms with Gasteiger partial charge in [0.2, 0.25) is 0 Å². The second kappa shape index (κ2) is 8.29. The fourth-order valence-electron chi connectivity index (χ4n) is 2.98. The molecule has 1 aromatic carbocycles. The minimum Gasteiger partial charge on any atom is -0.379 e. The molecule has 0 saturated carbocycles. The third-order valence-corrected chi connectivity index (χ3v) is 4.51. The van der Waals surface area contributed by atoms with Crippen LogP contribution in [0, 0.1) is 13.8 Å². The lowest BCUT2D eigenvalue weighted by Gasteiger charge is -2.11. The van der Waals surface area contributed by atoms with Gasteiger partial charge in [-0.3, -0.25) is 9.59 Å². The Hall–Kier alpha value is -2.44. The Morgan fingerprint density at radius 3 is 2.73 bits per heavy atom. The molecule has 1 fully saturated rings. The molecule has 1 aromatic heterocycles. The van der Waals surface area contributed by atoms with E-state index >= 15 is 0 Å². The van der Waals surface area contributed by atoms with E-state index in [-0.39, 0.29) is 24.1 Å². The van der Waals surface area contributed by atoms with Crippen LogP contribution in [0.5, 0.6) is 0 Å². The van der Waals surface area contributed by atoms with Crippen molar-refractivity contribution in [3.63, 3.8) is 0 Å². The zero-order valence-corrected chi connectivity index (χ0v) is 15.1. The van der Waals surface area contributed by atoms with Gasteiger partial charge >= 0.3 is 0 Å². The first-order valence-corrected chi connectivity index (χ1v) is 8.79. The molecule has 3 rings (SSSR count). The predicted molar refractivity (Wildman–Crippen MR) is 98.2 cm³/mol. The number of carbonyl (C=O) groups is 1. The molecule has 2 aromatic rings. The number of carbonyl (C=O) groups excluding carboxylic acids is 1. The number of aryl methyl sites for hydroxylation is 2. The topological polar surface area (TPSA) is 80.4 Å². The first-order chi connectivity index (χ1) is 12.5. The summed E-state index contributed by atoms with van der Waals surface area (Å²) < 4.78 is 11.0. The van der Waals surface area contributed by atoms with Gasteiger partial charge in [0.1, 0.15) is 0 Å². The second-order valence-electron chi connectivity index (χ2n) is 6.62. The fraction of sp³-hybridized carbons (Fsp3) is 0.400. The van der Waals surface area contributed by atoms with E-state index in [0.29, 0.717) is 24.3 Å². The third-order valence-electron chi connectivity index (χ3n) is 4.51. The van der Waals surface area contributed by atoms with Crippen molar-refractivity contribution in [1.29, 1.82) is 0 Å². The van der Waals surface area contributed by atoms with Gasteiger partial charge in [0.05, 0.1) is 19.3 Å². The molecule has 26 heavy (non-hydrogen) atoms. The second-order valence-corrected chi connectivity index (χ2v) is 6.62. The van der Waals surface area contributed by atoms with Gasteiger partial charge < -0.3 is 19.8 Å². The SMILES string of the molecule is Cc1cc(C)c(CNC(=O)c2ccc(COC3CCOC3)cc2)c(=O)[nH]1. The van der Waals surface area contributed by atoms with Gasteiger partial charge in [-0.1, -0.05) is 12.1 Å². The molecule has 1 atom stereocenters. The van der Waals surface area contributed by atoms with E-state index in [4.69, 9.17) is 9.47 Å². The molecule has 6 heteroatoms. The normalized spacial score (nSPS) is 16.6. The Morgan fingerprint density at radius 2 is 2.08 bits per heavy atom. The van der Waals surface area contributed by atoms with E-state index < -0.39 is 0 Å². The molecule has 2 N–H and O–H groups in total. The maximum atomic E-state index is 12.3. The predicted octanol–water partition coefficient (Wildman–Crippen LogP) is 2.23. The highest BCUT2D eigenvalue weighted by Gasteiger charge is 2.16. The quantitative estimate of drug-likeness (QED) is 0.832. The Labute approximate surface area is 152 Å². The molecule has 1 amide bonds. The van der Waals surface area contributed by atoms with Crippen molar-refractivity contribution in [1.82, 2.24) is 10.3 Å². The summed E-state index contributed by atoms with van der Waals surface area (Å²) in [5, 5.41) is 2.81. The number of hydrogen-bond acceptors (Lipinski definition) is 4. The first-order valence-electron chi connectivity index (χ1n) is 8.79. The van der Waals surface area contributed by atoms with Crippen molar-refractivity contribution in [3.05, 3.63) is 68.6 Å². The van der Waals surface area contributed by atoms with Gasteiger partial charge in [-0.15, -0.1) is 0 Å². The molecule has 1 unspecified atom stereocenters. The number of amides is 1. The van der Waals surface area contributed by atoms with Crippen LogP contribution in [0.1, 0.15) is 39.2 Å². The maximum Gasteiger partial charge on any atom is 0.253 e. The first kappa shape index (κ1) is 18.4. The zero-order chi connectivity index (χ0) is 18.5. The monoisotopic (exact) mass is 356 g/mol. The number of aromatic nitrogens is 1. The van der Waals surface area contributed by atoms with Crippen molar-refractivity contribution >= 4 is 5.91 Å². The number of nitrogens with one attached hydrogen (secondary N) is 2. The molecule has 0 bridgehead atoms. The molecule has 0 radical (unpaired) electrons. The van der Waals surface area contributed by atoms with Crippen LogP contribution in [0.25, 0.3) is 0 Å². The van der Waals surface area contributed by atoms with E-state index in [2.05, 4.69) is 10.3 Å². The average Bonchev–Trinajstić information content (AvgIpc) is 3.13.